The van der Waals surface area contributed by atoms with Gasteiger partial charge in [-0.3, -0.25) is 4.79 Å². The van der Waals surface area contributed by atoms with Crippen LogP contribution < -0.4 is 10.1 Å². The fourth-order valence-corrected chi connectivity index (χ4v) is 2.07. The van der Waals surface area contributed by atoms with Gasteiger partial charge in [0.2, 0.25) is 0 Å². The molecule has 0 aliphatic heterocycles. The van der Waals surface area contributed by atoms with E-state index < -0.39 is 0 Å². The Balaban J connectivity index is 2.17. The first-order valence-electron chi connectivity index (χ1n) is 7.44. The van der Waals surface area contributed by atoms with Gasteiger partial charge >= 0.3 is 0 Å². The summed E-state index contributed by atoms with van der Waals surface area (Å²) in [5.41, 5.74) is 2.24. The third kappa shape index (κ3) is 4.33. The van der Waals surface area contributed by atoms with Crippen molar-refractivity contribution in [2.45, 2.75) is 20.5 Å². The van der Waals surface area contributed by atoms with Crippen LogP contribution in [0.3, 0.4) is 0 Å². The first kappa shape index (κ1) is 16.0. The third-order valence-corrected chi connectivity index (χ3v) is 3.12. The maximum Gasteiger partial charge on any atom is 0.255 e. The molecule has 0 fully saturated rings. The van der Waals surface area contributed by atoms with Crippen LogP contribution in [0.15, 0.2) is 48.5 Å². The van der Waals surface area contributed by atoms with Gasteiger partial charge in [-0.1, -0.05) is 18.2 Å². The van der Waals surface area contributed by atoms with Gasteiger partial charge in [0.05, 0.1) is 13.2 Å². The Hall–Kier alpha value is -2.33. The Bertz CT molecular complexity index is 611. The minimum Gasteiger partial charge on any atom is -0.494 e. The minimum atomic E-state index is -0.146. The van der Waals surface area contributed by atoms with Gasteiger partial charge < -0.3 is 14.8 Å². The van der Waals surface area contributed by atoms with Crippen molar-refractivity contribution in [3.05, 3.63) is 59.7 Å². The molecular formula is C18H21NO3. The minimum absolute atomic E-state index is 0.146. The number of carbonyl (C=O) groups is 1. The number of ether oxygens (including phenoxy) is 2. The van der Waals surface area contributed by atoms with Crippen LogP contribution in [-0.4, -0.2) is 19.1 Å². The van der Waals surface area contributed by atoms with Crippen LogP contribution in [-0.2, 0) is 11.3 Å². The lowest BCUT2D eigenvalue weighted by atomic mass is 10.1. The second kappa shape index (κ2) is 8.20. The van der Waals surface area contributed by atoms with Gasteiger partial charge in [0, 0.05) is 23.4 Å². The van der Waals surface area contributed by atoms with Crippen molar-refractivity contribution < 1.29 is 14.3 Å². The summed E-state index contributed by atoms with van der Waals surface area (Å²) in [6.07, 6.45) is 0. The lowest BCUT2D eigenvalue weighted by Crippen LogP contribution is -2.12. The van der Waals surface area contributed by atoms with Gasteiger partial charge in [-0.25, -0.2) is 0 Å². The van der Waals surface area contributed by atoms with Gasteiger partial charge in [0.1, 0.15) is 5.75 Å². The van der Waals surface area contributed by atoms with E-state index >= 15 is 0 Å². The molecule has 1 amide bonds. The summed E-state index contributed by atoms with van der Waals surface area (Å²) in [6.45, 7) is 5.49. The summed E-state index contributed by atoms with van der Waals surface area (Å²) in [4.78, 5) is 12.3. The van der Waals surface area contributed by atoms with Crippen LogP contribution in [0.5, 0.6) is 5.75 Å². The molecule has 0 spiro atoms. The van der Waals surface area contributed by atoms with E-state index in [9.17, 15) is 4.79 Å². The van der Waals surface area contributed by atoms with Crippen molar-refractivity contribution in [1.82, 2.24) is 0 Å². The first-order valence-corrected chi connectivity index (χ1v) is 7.44. The molecule has 0 unspecified atom stereocenters. The predicted octanol–water partition coefficient (Wildman–Crippen LogP) is 3.87. The van der Waals surface area contributed by atoms with Gasteiger partial charge in [0.15, 0.2) is 0 Å². The highest BCUT2D eigenvalue weighted by molar-refractivity contribution is 6.04. The molecular weight excluding hydrogens is 278 g/mol. The van der Waals surface area contributed by atoms with E-state index in [1.165, 1.54) is 0 Å². The molecule has 0 aromatic heterocycles. The molecule has 2 rings (SSSR count). The summed E-state index contributed by atoms with van der Waals surface area (Å²) < 4.78 is 11.0. The Morgan fingerprint density at radius 3 is 2.50 bits per heavy atom. The van der Waals surface area contributed by atoms with Crippen LogP contribution in [0.4, 0.5) is 5.69 Å². The summed E-state index contributed by atoms with van der Waals surface area (Å²) >= 11 is 0. The van der Waals surface area contributed by atoms with Crippen LogP contribution >= 0.6 is 0 Å². The third-order valence-electron chi connectivity index (χ3n) is 3.12. The number of amides is 1. The summed E-state index contributed by atoms with van der Waals surface area (Å²) in [6, 6.07) is 14.8. The van der Waals surface area contributed by atoms with Crippen LogP contribution in [0.1, 0.15) is 29.8 Å². The van der Waals surface area contributed by atoms with E-state index in [0.29, 0.717) is 25.4 Å². The highest BCUT2D eigenvalue weighted by Gasteiger charge is 2.11. The molecule has 0 bridgehead atoms. The zero-order chi connectivity index (χ0) is 15.8. The normalized spacial score (nSPS) is 10.3. The quantitative estimate of drug-likeness (QED) is 0.844. The number of rotatable bonds is 7. The van der Waals surface area contributed by atoms with Gasteiger partial charge in [0.25, 0.3) is 5.91 Å². The summed E-state index contributed by atoms with van der Waals surface area (Å²) in [5, 5.41) is 2.87. The molecule has 1 N–H and O–H groups in total. The number of benzene rings is 2. The average Bonchev–Trinajstić information content (AvgIpc) is 2.55. The van der Waals surface area contributed by atoms with Gasteiger partial charge in [-0.05, 0) is 44.2 Å². The van der Waals surface area contributed by atoms with Gasteiger partial charge in [-0.2, -0.15) is 0 Å². The predicted molar refractivity (Wildman–Crippen MR) is 87.3 cm³/mol. The second-order valence-electron chi connectivity index (χ2n) is 4.71. The molecule has 0 saturated carbocycles. The zero-order valence-electron chi connectivity index (χ0n) is 13.0. The van der Waals surface area contributed by atoms with Crippen LogP contribution in [0.2, 0.25) is 0 Å². The zero-order valence-corrected chi connectivity index (χ0v) is 13.0. The summed E-state index contributed by atoms with van der Waals surface area (Å²) in [7, 11) is 0. The van der Waals surface area contributed by atoms with Gasteiger partial charge in [-0.15, -0.1) is 0 Å². The van der Waals surface area contributed by atoms with Crippen molar-refractivity contribution in [2.24, 2.45) is 0 Å². The fraction of sp³-hybridized carbons (Fsp3) is 0.278. The fourth-order valence-electron chi connectivity index (χ4n) is 2.07. The van der Waals surface area contributed by atoms with E-state index in [-0.39, 0.29) is 5.91 Å². The molecule has 0 atom stereocenters. The van der Waals surface area contributed by atoms with Crippen molar-refractivity contribution in [2.75, 3.05) is 18.5 Å². The number of hydrogen-bond acceptors (Lipinski definition) is 3. The van der Waals surface area contributed by atoms with Crippen molar-refractivity contribution >= 4 is 11.6 Å². The second-order valence-corrected chi connectivity index (χ2v) is 4.71. The molecule has 0 radical (unpaired) electrons. The topological polar surface area (TPSA) is 47.6 Å². The Morgan fingerprint density at radius 1 is 1.05 bits per heavy atom. The first-order chi connectivity index (χ1) is 10.7. The smallest absolute Gasteiger partial charge is 0.255 e. The molecule has 0 aliphatic carbocycles. The molecule has 0 heterocycles. The highest BCUT2D eigenvalue weighted by atomic mass is 16.5. The molecule has 2 aromatic carbocycles. The van der Waals surface area contributed by atoms with Crippen molar-refractivity contribution in [3.8, 4) is 5.75 Å². The Morgan fingerprint density at radius 2 is 1.82 bits per heavy atom. The Kier molecular flexibility index (Phi) is 5.98. The monoisotopic (exact) mass is 299 g/mol. The summed E-state index contributed by atoms with van der Waals surface area (Å²) in [5.74, 6) is 0.610. The lowest BCUT2D eigenvalue weighted by molar-refractivity contribution is 0.102. The van der Waals surface area contributed by atoms with E-state index in [1.807, 2.05) is 56.3 Å². The molecule has 0 saturated heterocycles. The number of hydrogen-bond donors (Lipinski definition) is 1. The molecule has 22 heavy (non-hydrogen) atoms. The van der Waals surface area contributed by atoms with E-state index in [2.05, 4.69) is 5.32 Å². The molecule has 0 aliphatic rings. The molecule has 4 nitrogen and oxygen atoms in total. The standard InChI is InChI=1S/C18H21NO3/c1-3-21-13-15-12-14(10-11-17(15)22-4-2)18(20)19-16-8-6-5-7-9-16/h5-12H,3-4,13H2,1-2H3,(H,19,20). The number of anilines is 1. The average molecular weight is 299 g/mol. The number of para-hydroxylation sites is 1. The Labute approximate surface area is 131 Å². The van der Waals surface area contributed by atoms with Crippen LogP contribution in [0, 0.1) is 0 Å². The molecule has 116 valence electrons. The maximum atomic E-state index is 12.3. The number of carbonyl (C=O) groups excluding carboxylic acids is 1. The molecule has 2 aromatic rings. The van der Waals surface area contributed by atoms with Crippen LogP contribution in [0.25, 0.3) is 0 Å². The maximum absolute atomic E-state index is 12.3. The van der Waals surface area contributed by atoms with E-state index in [0.717, 1.165) is 17.0 Å². The van der Waals surface area contributed by atoms with Crippen molar-refractivity contribution in [1.29, 1.82) is 0 Å². The van der Waals surface area contributed by atoms with Crippen molar-refractivity contribution in [3.63, 3.8) is 0 Å². The molecule has 4 heteroatoms. The largest absolute Gasteiger partial charge is 0.494 e. The SMILES string of the molecule is CCOCc1cc(C(=O)Nc2ccccc2)ccc1OCC. The lowest BCUT2D eigenvalue weighted by Gasteiger charge is -2.12. The van der Waals surface area contributed by atoms with E-state index in [4.69, 9.17) is 9.47 Å². The number of nitrogens with one attached hydrogen (secondary N) is 1. The highest BCUT2D eigenvalue weighted by Crippen LogP contribution is 2.22. The van der Waals surface area contributed by atoms with E-state index in [1.54, 1.807) is 6.07 Å².